The van der Waals surface area contributed by atoms with Gasteiger partial charge in [0.05, 0.1) is 11.3 Å². The Morgan fingerprint density at radius 2 is 2.09 bits per heavy atom. The second-order valence-electron chi connectivity index (χ2n) is 5.06. The molecule has 7 nitrogen and oxygen atoms in total. The van der Waals surface area contributed by atoms with Crippen LogP contribution in [0.1, 0.15) is 35.8 Å². The van der Waals surface area contributed by atoms with Gasteiger partial charge in [-0.05, 0) is 18.1 Å². The summed E-state index contributed by atoms with van der Waals surface area (Å²) in [6, 6.07) is 5.54. The summed E-state index contributed by atoms with van der Waals surface area (Å²) >= 11 is 1.27. The Hall–Kier alpha value is -2.74. The minimum atomic E-state index is -0.293. The Bertz CT molecular complexity index is 818. The number of anilines is 1. The SMILES string of the molecule is CC(C)c1ncncc1C(=O)Nc1nnc(-c2ccccn2)s1. The number of hydrogen-bond donors (Lipinski definition) is 1. The summed E-state index contributed by atoms with van der Waals surface area (Å²) in [5.41, 5.74) is 1.86. The fourth-order valence-electron chi connectivity index (χ4n) is 2.01. The van der Waals surface area contributed by atoms with E-state index in [9.17, 15) is 4.79 Å². The van der Waals surface area contributed by atoms with Crippen LogP contribution in [0.2, 0.25) is 0 Å². The molecule has 0 unspecified atom stereocenters. The molecule has 0 aliphatic rings. The van der Waals surface area contributed by atoms with Crippen LogP contribution in [-0.2, 0) is 0 Å². The highest BCUT2D eigenvalue weighted by Crippen LogP contribution is 2.25. The molecule has 0 saturated heterocycles. The van der Waals surface area contributed by atoms with Gasteiger partial charge >= 0.3 is 0 Å². The summed E-state index contributed by atoms with van der Waals surface area (Å²) in [7, 11) is 0. The van der Waals surface area contributed by atoms with Crippen molar-refractivity contribution < 1.29 is 4.79 Å². The number of hydrogen-bond acceptors (Lipinski definition) is 7. The first-order valence-electron chi connectivity index (χ1n) is 7.01. The van der Waals surface area contributed by atoms with E-state index in [4.69, 9.17) is 0 Å². The quantitative estimate of drug-likeness (QED) is 0.792. The predicted molar refractivity (Wildman–Crippen MR) is 87.2 cm³/mol. The van der Waals surface area contributed by atoms with E-state index in [0.29, 0.717) is 21.4 Å². The summed E-state index contributed by atoms with van der Waals surface area (Å²) in [5, 5.41) is 11.8. The molecule has 3 aromatic heterocycles. The molecular weight excluding hydrogens is 312 g/mol. The van der Waals surface area contributed by atoms with Crippen molar-refractivity contribution in [2.75, 3.05) is 5.32 Å². The molecule has 0 fully saturated rings. The highest BCUT2D eigenvalue weighted by atomic mass is 32.1. The molecule has 3 heterocycles. The first-order valence-corrected chi connectivity index (χ1v) is 7.83. The monoisotopic (exact) mass is 326 g/mol. The molecule has 3 aromatic rings. The van der Waals surface area contributed by atoms with Crippen LogP contribution in [0, 0.1) is 0 Å². The smallest absolute Gasteiger partial charge is 0.260 e. The molecule has 116 valence electrons. The number of rotatable bonds is 4. The number of nitrogens with one attached hydrogen (secondary N) is 1. The van der Waals surface area contributed by atoms with Crippen LogP contribution in [0.5, 0.6) is 0 Å². The van der Waals surface area contributed by atoms with Crippen LogP contribution in [0.3, 0.4) is 0 Å². The zero-order chi connectivity index (χ0) is 16.2. The van der Waals surface area contributed by atoms with Crippen molar-refractivity contribution in [3.05, 3.63) is 48.2 Å². The van der Waals surface area contributed by atoms with Gasteiger partial charge in [0, 0.05) is 12.4 Å². The van der Waals surface area contributed by atoms with Gasteiger partial charge in [0.15, 0.2) is 5.01 Å². The van der Waals surface area contributed by atoms with Crippen LogP contribution in [0.25, 0.3) is 10.7 Å². The third-order valence-electron chi connectivity index (χ3n) is 3.06. The lowest BCUT2D eigenvalue weighted by atomic mass is 10.1. The molecule has 0 aliphatic heterocycles. The second kappa shape index (κ2) is 6.57. The van der Waals surface area contributed by atoms with Crippen molar-refractivity contribution in [3.63, 3.8) is 0 Å². The summed E-state index contributed by atoms with van der Waals surface area (Å²) < 4.78 is 0. The van der Waals surface area contributed by atoms with Crippen molar-refractivity contribution in [1.29, 1.82) is 0 Å². The molecule has 0 bridgehead atoms. The summed E-state index contributed by atoms with van der Waals surface area (Å²) in [6.45, 7) is 3.95. The Kier molecular flexibility index (Phi) is 4.33. The number of amides is 1. The van der Waals surface area contributed by atoms with Gasteiger partial charge < -0.3 is 0 Å². The van der Waals surface area contributed by atoms with E-state index < -0.39 is 0 Å². The molecule has 8 heteroatoms. The number of carbonyl (C=O) groups excluding carboxylic acids is 1. The molecule has 0 aliphatic carbocycles. The molecular formula is C15H14N6OS. The largest absolute Gasteiger partial charge is 0.296 e. The maximum Gasteiger partial charge on any atom is 0.260 e. The molecule has 0 atom stereocenters. The van der Waals surface area contributed by atoms with Crippen LogP contribution in [0.4, 0.5) is 5.13 Å². The highest BCUT2D eigenvalue weighted by molar-refractivity contribution is 7.18. The summed E-state index contributed by atoms with van der Waals surface area (Å²) in [4.78, 5) is 24.7. The molecule has 0 saturated carbocycles. The minimum Gasteiger partial charge on any atom is -0.296 e. The lowest BCUT2D eigenvalue weighted by Crippen LogP contribution is -2.16. The summed E-state index contributed by atoms with van der Waals surface area (Å²) in [6.07, 6.45) is 4.64. The first-order chi connectivity index (χ1) is 11.1. The van der Waals surface area contributed by atoms with Crippen molar-refractivity contribution in [1.82, 2.24) is 25.1 Å². The lowest BCUT2D eigenvalue weighted by Gasteiger charge is -2.09. The van der Waals surface area contributed by atoms with Gasteiger partial charge in [-0.3, -0.25) is 15.1 Å². The van der Waals surface area contributed by atoms with Crippen LogP contribution < -0.4 is 5.32 Å². The van der Waals surface area contributed by atoms with Crippen LogP contribution in [-0.4, -0.2) is 31.1 Å². The van der Waals surface area contributed by atoms with E-state index >= 15 is 0 Å². The zero-order valence-corrected chi connectivity index (χ0v) is 13.4. The van der Waals surface area contributed by atoms with E-state index in [1.54, 1.807) is 6.20 Å². The maximum atomic E-state index is 12.4. The van der Waals surface area contributed by atoms with Gasteiger partial charge in [-0.25, -0.2) is 9.97 Å². The Morgan fingerprint density at radius 3 is 2.83 bits per heavy atom. The Morgan fingerprint density at radius 1 is 1.22 bits per heavy atom. The predicted octanol–water partition coefficient (Wildman–Crippen LogP) is 2.77. The first kappa shape index (κ1) is 15.2. The van der Waals surface area contributed by atoms with E-state index in [1.165, 1.54) is 23.9 Å². The fourth-order valence-corrected chi connectivity index (χ4v) is 2.72. The van der Waals surface area contributed by atoms with Gasteiger partial charge in [-0.1, -0.05) is 31.3 Å². The van der Waals surface area contributed by atoms with Crippen molar-refractivity contribution in [2.24, 2.45) is 0 Å². The Labute approximate surface area is 136 Å². The minimum absolute atomic E-state index is 0.122. The van der Waals surface area contributed by atoms with Gasteiger partial charge in [0.2, 0.25) is 5.13 Å². The number of aromatic nitrogens is 5. The van der Waals surface area contributed by atoms with Gasteiger partial charge in [-0.15, -0.1) is 10.2 Å². The second-order valence-corrected chi connectivity index (χ2v) is 6.04. The van der Waals surface area contributed by atoms with Crippen LogP contribution in [0.15, 0.2) is 36.9 Å². The van der Waals surface area contributed by atoms with Gasteiger partial charge in [0.25, 0.3) is 5.91 Å². The van der Waals surface area contributed by atoms with Crippen molar-refractivity contribution in [2.45, 2.75) is 19.8 Å². The maximum absolute atomic E-state index is 12.4. The zero-order valence-electron chi connectivity index (χ0n) is 12.6. The normalized spacial score (nSPS) is 10.7. The standard InChI is InChI=1S/C15H14N6OS/c1-9(2)12-10(7-16-8-18-12)13(22)19-15-21-20-14(23-15)11-5-3-4-6-17-11/h3-9H,1-2H3,(H,19,21,22). The van der Waals surface area contributed by atoms with Crippen molar-refractivity contribution >= 4 is 22.4 Å². The van der Waals surface area contributed by atoms with E-state index in [1.807, 2.05) is 32.0 Å². The van der Waals surface area contributed by atoms with Crippen LogP contribution >= 0.6 is 11.3 Å². The molecule has 23 heavy (non-hydrogen) atoms. The lowest BCUT2D eigenvalue weighted by molar-refractivity contribution is 0.102. The van der Waals surface area contributed by atoms with Gasteiger partial charge in [0.1, 0.15) is 12.0 Å². The summed E-state index contributed by atoms with van der Waals surface area (Å²) in [5.74, 6) is -0.171. The molecule has 1 amide bonds. The third kappa shape index (κ3) is 3.37. The number of nitrogens with zero attached hydrogens (tertiary/aromatic N) is 5. The highest BCUT2D eigenvalue weighted by Gasteiger charge is 2.17. The molecule has 0 spiro atoms. The average molecular weight is 326 g/mol. The van der Waals surface area contributed by atoms with E-state index in [2.05, 4.69) is 30.5 Å². The third-order valence-corrected chi connectivity index (χ3v) is 3.93. The van der Waals surface area contributed by atoms with E-state index in [0.717, 1.165) is 5.69 Å². The average Bonchev–Trinajstić information content (AvgIpc) is 3.04. The molecule has 1 N–H and O–H groups in total. The molecule has 3 rings (SSSR count). The van der Waals surface area contributed by atoms with Gasteiger partial charge in [-0.2, -0.15) is 0 Å². The topological polar surface area (TPSA) is 93.6 Å². The molecule has 0 aromatic carbocycles. The Balaban J connectivity index is 1.81. The molecule has 0 radical (unpaired) electrons. The number of pyridine rings is 1. The van der Waals surface area contributed by atoms with Crippen molar-refractivity contribution in [3.8, 4) is 10.7 Å². The fraction of sp³-hybridized carbons (Fsp3) is 0.200. The number of carbonyl (C=O) groups is 1. The van der Waals surface area contributed by atoms with E-state index in [-0.39, 0.29) is 11.8 Å².